The molecule has 0 heterocycles. The average molecular weight is 957 g/mol. The predicted molar refractivity (Wildman–Crippen MR) is 243 cm³/mol. The number of halogens is 6. The third-order valence-corrected chi connectivity index (χ3v) is 10.6. The zero-order chi connectivity index (χ0) is 45.4. The van der Waals surface area contributed by atoms with E-state index < -0.39 is 47.3 Å². The number of carbonyl (C=O) groups excluding carboxylic acids is 6. The molecule has 4 amide bonds. The molecule has 0 saturated carbocycles. The minimum absolute atomic E-state index is 0.00235. The summed E-state index contributed by atoms with van der Waals surface area (Å²) in [6.45, 7) is 5.61. The molecule has 0 spiro atoms. The summed E-state index contributed by atoms with van der Waals surface area (Å²) in [6, 6.07) is 17.7. The Morgan fingerprint density at radius 1 is 0.468 bits per heavy atom. The molecule has 0 radical (unpaired) electrons. The van der Waals surface area contributed by atoms with Crippen LogP contribution in [0.2, 0.25) is 30.1 Å². The second-order valence-corrected chi connectivity index (χ2v) is 15.8. The van der Waals surface area contributed by atoms with Crippen molar-refractivity contribution in [1.82, 2.24) is 0 Å². The van der Waals surface area contributed by atoms with E-state index in [0.717, 1.165) is 13.8 Å². The Morgan fingerprint density at radius 3 is 1.13 bits per heavy atom. The molecule has 0 aliphatic carbocycles. The molecule has 5 aromatic rings. The maximum Gasteiger partial charge on any atom is 0.258 e. The first-order chi connectivity index (χ1) is 29.3. The molecule has 2 atom stereocenters. The largest absolute Gasteiger partial charge is 0.324 e. The van der Waals surface area contributed by atoms with Gasteiger partial charge in [0.1, 0.15) is 0 Å². The van der Waals surface area contributed by atoms with Crippen LogP contribution in [0.15, 0.2) is 105 Å². The van der Waals surface area contributed by atoms with Gasteiger partial charge in [-0.05, 0) is 112 Å². The number of azo groups is 2. The zero-order valence-corrected chi connectivity index (χ0v) is 37.3. The van der Waals surface area contributed by atoms with E-state index >= 15 is 0 Å². The van der Waals surface area contributed by atoms with Crippen molar-refractivity contribution < 1.29 is 28.8 Å². The van der Waals surface area contributed by atoms with Gasteiger partial charge in [-0.2, -0.15) is 20.5 Å². The number of hydrogen-bond donors (Lipinski definition) is 4. The van der Waals surface area contributed by atoms with Crippen molar-refractivity contribution in [3.05, 3.63) is 137 Å². The Morgan fingerprint density at radius 2 is 0.806 bits per heavy atom. The van der Waals surface area contributed by atoms with Gasteiger partial charge in [-0.25, -0.2) is 0 Å². The molecule has 2 unspecified atom stereocenters. The van der Waals surface area contributed by atoms with Crippen LogP contribution in [0.1, 0.15) is 45.7 Å². The maximum absolute atomic E-state index is 13.4. The van der Waals surface area contributed by atoms with Gasteiger partial charge in [0.25, 0.3) is 23.6 Å². The zero-order valence-electron chi connectivity index (χ0n) is 32.7. The molecule has 14 nitrogen and oxygen atoms in total. The third-order valence-electron chi connectivity index (χ3n) is 8.72. The normalized spacial score (nSPS) is 12.2. The molecule has 62 heavy (non-hydrogen) atoms. The highest BCUT2D eigenvalue weighted by Gasteiger charge is 2.27. The van der Waals surface area contributed by atoms with E-state index in [9.17, 15) is 28.8 Å². The van der Waals surface area contributed by atoms with Crippen molar-refractivity contribution in [2.75, 3.05) is 21.3 Å². The van der Waals surface area contributed by atoms with Gasteiger partial charge in [0.2, 0.25) is 12.1 Å². The number of nitrogens with one attached hydrogen (secondary N) is 4. The lowest BCUT2D eigenvalue weighted by Gasteiger charge is -2.16. The van der Waals surface area contributed by atoms with Crippen molar-refractivity contribution in [3.8, 4) is 0 Å². The van der Waals surface area contributed by atoms with Crippen LogP contribution in [-0.4, -0.2) is 47.3 Å². The van der Waals surface area contributed by atoms with Crippen LogP contribution in [0.5, 0.6) is 0 Å². The standard InChI is InChI=1S/C42H32Cl6N8O6/c1-19-15-34(50-42(62)36(22(4)58)56-54-24-12-14-28(44)26(18-24)40(60)52-38-31(47)9-6-10-32(38)48)20(2)16-33(19)49-41(61)35(21(3)57)55-53-23-11-13-27(43)25(17-23)39(59)51-37-29(45)7-5-8-30(37)46/h5-18,35-36H,1-4H3,(H,49,61)(H,50,62)(H,51,59)(H,52,60). The van der Waals surface area contributed by atoms with Crippen LogP contribution in [0.25, 0.3) is 0 Å². The van der Waals surface area contributed by atoms with Gasteiger partial charge in [0.05, 0.1) is 64.0 Å². The van der Waals surface area contributed by atoms with Gasteiger partial charge >= 0.3 is 0 Å². The van der Waals surface area contributed by atoms with Crippen LogP contribution in [0.4, 0.5) is 34.1 Å². The summed E-state index contributed by atoms with van der Waals surface area (Å²) >= 11 is 37.3. The number of ketones is 2. The second kappa shape index (κ2) is 20.9. The molecule has 5 aromatic carbocycles. The van der Waals surface area contributed by atoms with E-state index in [-0.39, 0.29) is 75.4 Å². The number of Topliss-reactive ketones (excluding diaryl/α,β-unsaturated/α-hetero) is 2. The molecular weight excluding hydrogens is 925 g/mol. The summed E-state index contributed by atoms with van der Waals surface area (Å²) in [5, 5.41) is 27.5. The van der Waals surface area contributed by atoms with Crippen LogP contribution in [0, 0.1) is 13.8 Å². The third kappa shape index (κ3) is 11.8. The molecule has 0 aliphatic heterocycles. The smallest absolute Gasteiger partial charge is 0.258 e. The molecule has 0 bridgehead atoms. The summed E-state index contributed by atoms with van der Waals surface area (Å²) in [6.07, 6.45) is 0. The van der Waals surface area contributed by atoms with E-state index in [4.69, 9.17) is 69.6 Å². The highest BCUT2D eigenvalue weighted by atomic mass is 35.5. The first-order valence-electron chi connectivity index (χ1n) is 18.0. The maximum atomic E-state index is 13.4. The highest BCUT2D eigenvalue weighted by molar-refractivity contribution is 6.41. The number of rotatable bonds is 14. The molecule has 5 rings (SSSR count). The van der Waals surface area contributed by atoms with Crippen molar-refractivity contribution in [3.63, 3.8) is 0 Å². The summed E-state index contributed by atoms with van der Waals surface area (Å²) in [5.74, 6) is -4.18. The van der Waals surface area contributed by atoms with Crippen LogP contribution in [0.3, 0.4) is 0 Å². The Bertz CT molecular complexity index is 2490. The highest BCUT2D eigenvalue weighted by Crippen LogP contribution is 2.34. The fourth-order valence-electron chi connectivity index (χ4n) is 5.47. The van der Waals surface area contributed by atoms with Crippen LogP contribution >= 0.6 is 69.6 Å². The minimum atomic E-state index is -1.59. The van der Waals surface area contributed by atoms with E-state index in [2.05, 4.69) is 41.7 Å². The Hall–Kier alpha value is -5.74. The van der Waals surface area contributed by atoms with E-state index in [1.165, 1.54) is 36.4 Å². The summed E-state index contributed by atoms with van der Waals surface area (Å²) < 4.78 is 0. The molecule has 4 N–H and O–H groups in total. The Kier molecular flexibility index (Phi) is 15.9. The van der Waals surface area contributed by atoms with E-state index in [1.807, 2.05) is 0 Å². The van der Waals surface area contributed by atoms with Crippen LogP contribution in [-0.2, 0) is 19.2 Å². The van der Waals surface area contributed by atoms with Gasteiger partial charge < -0.3 is 21.3 Å². The number of nitrogens with zero attached hydrogens (tertiary/aromatic N) is 4. The molecule has 0 aliphatic rings. The van der Waals surface area contributed by atoms with Crippen molar-refractivity contribution >= 4 is 139 Å². The predicted octanol–water partition coefficient (Wildman–Crippen LogP) is 12.1. The van der Waals surface area contributed by atoms with E-state index in [1.54, 1.807) is 62.4 Å². The molecule has 0 fully saturated rings. The minimum Gasteiger partial charge on any atom is -0.324 e. The van der Waals surface area contributed by atoms with Crippen LogP contribution < -0.4 is 21.3 Å². The molecular formula is C42H32Cl6N8O6. The number of para-hydroxylation sites is 2. The SMILES string of the molecule is CC(=O)C(N=Nc1ccc(Cl)c(C(=O)Nc2c(Cl)cccc2Cl)c1)C(=O)Nc1cc(C)c(NC(=O)C(N=Nc2ccc(Cl)c(C(=O)Nc3c(Cl)cccc3Cl)c2)C(C)=O)cc1C. The summed E-state index contributed by atoms with van der Waals surface area (Å²) in [7, 11) is 0. The number of anilines is 4. The Balaban J connectivity index is 1.27. The topological polar surface area (TPSA) is 200 Å². The number of benzene rings is 5. The summed E-state index contributed by atoms with van der Waals surface area (Å²) in [5.41, 5.74) is 2.09. The molecule has 0 saturated heterocycles. The Labute approximate surface area is 384 Å². The van der Waals surface area contributed by atoms with Gasteiger partial charge in [0, 0.05) is 11.4 Å². The lowest BCUT2D eigenvalue weighted by molar-refractivity contribution is -0.127. The van der Waals surface area contributed by atoms with Crippen molar-refractivity contribution in [1.29, 1.82) is 0 Å². The van der Waals surface area contributed by atoms with E-state index in [0.29, 0.717) is 11.1 Å². The quantitative estimate of drug-likeness (QED) is 0.0630. The number of carbonyl (C=O) groups is 6. The lowest BCUT2D eigenvalue weighted by Crippen LogP contribution is -2.32. The number of hydrogen-bond acceptors (Lipinski definition) is 10. The first kappa shape index (κ1) is 47.3. The lowest BCUT2D eigenvalue weighted by atomic mass is 10.1. The summed E-state index contributed by atoms with van der Waals surface area (Å²) in [4.78, 5) is 78.0. The second-order valence-electron chi connectivity index (χ2n) is 13.3. The number of aryl methyl sites for hydroxylation is 2. The average Bonchev–Trinajstić information content (AvgIpc) is 3.20. The number of amides is 4. The first-order valence-corrected chi connectivity index (χ1v) is 20.3. The van der Waals surface area contributed by atoms with Gasteiger partial charge in [-0.3, -0.25) is 28.8 Å². The molecule has 0 aromatic heterocycles. The van der Waals surface area contributed by atoms with Gasteiger partial charge in [-0.15, -0.1) is 0 Å². The fraction of sp³-hybridized carbons (Fsp3) is 0.143. The molecule has 20 heteroatoms. The van der Waals surface area contributed by atoms with Gasteiger partial charge in [0.15, 0.2) is 11.6 Å². The van der Waals surface area contributed by atoms with Crippen molar-refractivity contribution in [2.24, 2.45) is 20.5 Å². The monoisotopic (exact) mass is 954 g/mol. The molecule has 318 valence electrons. The fourth-order valence-corrected chi connectivity index (χ4v) is 6.86. The van der Waals surface area contributed by atoms with Crippen molar-refractivity contribution in [2.45, 2.75) is 39.8 Å². The van der Waals surface area contributed by atoms with Gasteiger partial charge in [-0.1, -0.05) is 81.7 Å².